The number of hydrogen-bond donors (Lipinski definition) is 2. The first-order valence-corrected chi connectivity index (χ1v) is 9.02. The van der Waals surface area contributed by atoms with Gasteiger partial charge in [-0.15, -0.1) is 0 Å². The number of aromatic nitrogens is 1. The molecule has 0 saturated carbocycles. The topological polar surface area (TPSA) is 80.3 Å². The van der Waals surface area contributed by atoms with Crippen LogP contribution in [-0.2, 0) is 11.2 Å². The van der Waals surface area contributed by atoms with Crippen LogP contribution in [0.25, 0.3) is 0 Å². The molecular formula is C20H15BrFN3O3. The van der Waals surface area contributed by atoms with Crippen molar-refractivity contribution in [3.8, 4) is 11.6 Å². The number of nitrogens with zero attached hydrogens (tertiary/aromatic N) is 1. The average Bonchev–Trinajstić information content (AvgIpc) is 2.68. The largest absolute Gasteiger partial charge is 0.438 e. The summed E-state index contributed by atoms with van der Waals surface area (Å²) >= 11 is 3.35. The van der Waals surface area contributed by atoms with Crippen LogP contribution in [0.5, 0.6) is 11.6 Å². The van der Waals surface area contributed by atoms with Crippen LogP contribution in [-0.4, -0.2) is 16.8 Å². The van der Waals surface area contributed by atoms with Crippen LogP contribution in [0.15, 0.2) is 71.3 Å². The van der Waals surface area contributed by atoms with Crippen molar-refractivity contribution in [1.82, 2.24) is 15.8 Å². The number of halogens is 2. The molecule has 2 aromatic carbocycles. The fraction of sp³-hybridized carbons (Fsp3) is 0.0500. The Morgan fingerprint density at radius 2 is 1.82 bits per heavy atom. The van der Waals surface area contributed by atoms with E-state index in [1.54, 1.807) is 24.3 Å². The van der Waals surface area contributed by atoms with Crippen molar-refractivity contribution in [2.75, 3.05) is 0 Å². The van der Waals surface area contributed by atoms with Crippen molar-refractivity contribution < 1.29 is 18.7 Å². The third-order valence-corrected chi connectivity index (χ3v) is 4.11. The predicted octanol–water partition coefficient (Wildman–Crippen LogP) is 3.78. The highest BCUT2D eigenvalue weighted by Gasteiger charge is 2.15. The number of amides is 2. The Kier molecular flexibility index (Phi) is 6.33. The van der Waals surface area contributed by atoms with Gasteiger partial charge in [-0.1, -0.05) is 34.1 Å². The number of benzene rings is 2. The van der Waals surface area contributed by atoms with E-state index < -0.39 is 11.8 Å². The molecule has 2 N–H and O–H groups in total. The zero-order valence-corrected chi connectivity index (χ0v) is 16.1. The first-order valence-electron chi connectivity index (χ1n) is 8.23. The lowest BCUT2D eigenvalue weighted by molar-refractivity contribution is -0.121. The van der Waals surface area contributed by atoms with Crippen molar-refractivity contribution in [2.24, 2.45) is 0 Å². The summed E-state index contributed by atoms with van der Waals surface area (Å²) in [4.78, 5) is 28.5. The Morgan fingerprint density at radius 1 is 1.04 bits per heavy atom. The standard InChI is InChI=1S/C20H15BrFN3O3/c21-14-3-1-4-16(12-14)28-20-17(5-2-10-23-20)19(27)25-24-18(26)11-13-6-8-15(22)9-7-13/h1-10,12H,11H2,(H,24,26)(H,25,27). The summed E-state index contributed by atoms with van der Waals surface area (Å²) in [5.74, 6) is -0.802. The van der Waals surface area contributed by atoms with E-state index in [2.05, 4.69) is 31.8 Å². The molecule has 0 radical (unpaired) electrons. The van der Waals surface area contributed by atoms with E-state index in [0.29, 0.717) is 11.3 Å². The molecule has 3 rings (SSSR count). The van der Waals surface area contributed by atoms with E-state index in [1.807, 2.05) is 6.07 Å². The maximum Gasteiger partial charge on any atom is 0.275 e. The smallest absolute Gasteiger partial charge is 0.275 e. The molecule has 142 valence electrons. The van der Waals surface area contributed by atoms with E-state index >= 15 is 0 Å². The van der Waals surface area contributed by atoms with E-state index in [1.165, 1.54) is 36.5 Å². The normalized spacial score (nSPS) is 10.2. The van der Waals surface area contributed by atoms with Gasteiger partial charge in [0.2, 0.25) is 11.8 Å². The average molecular weight is 444 g/mol. The lowest BCUT2D eigenvalue weighted by atomic mass is 10.1. The monoisotopic (exact) mass is 443 g/mol. The number of ether oxygens (including phenoxy) is 1. The van der Waals surface area contributed by atoms with Crippen molar-refractivity contribution in [3.63, 3.8) is 0 Å². The molecule has 3 aromatic rings. The molecule has 0 aliphatic heterocycles. The molecule has 1 aromatic heterocycles. The number of nitrogens with one attached hydrogen (secondary N) is 2. The molecule has 0 unspecified atom stereocenters. The molecule has 2 amide bonds. The molecule has 28 heavy (non-hydrogen) atoms. The Bertz CT molecular complexity index is 996. The number of carbonyl (C=O) groups excluding carboxylic acids is 2. The van der Waals surface area contributed by atoms with Gasteiger partial charge < -0.3 is 4.74 Å². The molecule has 0 spiro atoms. The summed E-state index contributed by atoms with van der Waals surface area (Å²) in [5, 5.41) is 0. The molecule has 1 heterocycles. The minimum Gasteiger partial charge on any atom is -0.438 e. The van der Waals surface area contributed by atoms with Crippen LogP contribution in [0.2, 0.25) is 0 Å². The van der Waals surface area contributed by atoms with E-state index in [0.717, 1.165) is 4.47 Å². The molecule has 0 bridgehead atoms. The van der Waals surface area contributed by atoms with Crippen LogP contribution < -0.4 is 15.6 Å². The Morgan fingerprint density at radius 3 is 2.57 bits per heavy atom. The summed E-state index contributed by atoms with van der Waals surface area (Å²) in [6, 6.07) is 15.7. The second-order valence-corrected chi connectivity index (χ2v) is 6.64. The fourth-order valence-electron chi connectivity index (χ4n) is 2.31. The van der Waals surface area contributed by atoms with Crippen LogP contribution in [0.3, 0.4) is 0 Å². The van der Waals surface area contributed by atoms with Gasteiger partial charge in [-0.2, -0.15) is 0 Å². The zero-order chi connectivity index (χ0) is 19.9. The number of rotatable bonds is 5. The zero-order valence-electron chi connectivity index (χ0n) is 14.5. The number of hydrogen-bond acceptors (Lipinski definition) is 4. The van der Waals surface area contributed by atoms with Gasteiger partial charge in [0.05, 0.1) is 6.42 Å². The SMILES string of the molecule is O=C(Cc1ccc(F)cc1)NNC(=O)c1cccnc1Oc1cccc(Br)c1. The minimum absolute atomic E-state index is 0.00496. The number of pyridine rings is 1. The first-order chi connectivity index (χ1) is 13.5. The summed E-state index contributed by atoms with van der Waals surface area (Å²) in [6.07, 6.45) is 1.49. The third kappa shape index (κ3) is 5.37. The quantitative estimate of drug-likeness (QED) is 0.588. The second kappa shape index (κ2) is 9.09. The summed E-state index contributed by atoms with van der Waals surface area (Å²) in [7, 11) is 0. The molecular weight excluding hydrogens is 429 g/mol. The molecule has 8 heteroatoms. The Balaban J connectivity index is 1.62. The maximum absolute atomic E-state index is 12.9. The van der Waals surface area contributed by atoms with Gasteiger partial charge >= 0.3 is 0 Å². The van der Waals surface area contributed by atoms with Gasteiger partial charge in [0.25, 0.3) is 5.91 Å². The van der Waals surface area contributed by atoms with Crippen molar-refractivity contribution >= 4 is 27.7 Å². The van der Waals surface area contributed by atoms with Crippen LogP contribution in [0.1, 0.15) is 15.9 Å². The third-order valence-electron chi connectivity index (χ3n) is 3.62. The molecule has 0 fully saturated rings. The molecule has 0 aliphatic rings. The highest BCUT2D eigenvalue weighted by Crippen LogP contribution is 2.25. The van der Waals surface area contributed by atoms with Gasteiger partial charge in [-0.3, -0.25) is 20.4 Å². The lowest BCUT2D eigenvalue weighted by Crippen LogP contribution is -2.42. The highest BCUT2D eigenvalue weighted by molar-refractivity contribution is 9.10. The van der Waals surface area contributed by atoms with Crippen LogP contribution in [0, 0.1) is 5.82 Å². The molecule has 6 nitrogen and oxygen atoms in total. The second-order valence-electron chi connectivity index (χ2n) is 5.72. The molecule has 0 saturated heterocycles. The Labute approximate surface area is 168 Å². The first kappa shape index (κ1) is 19.5. The van der Waals surface area contributed by atoms with E-state index in [-0.39, 0.29) is 23.7 Å². The number of carbonyl (C=O) groups is 2. The molecule has 0 atom stereocenters. The van der Waals surface area contributed by atoms with Crippen molar-refractivity contribution in [1.29, 1.82) is 0 Å². The maximum atomic E-state index is 12.9. The van der Waals surface area contributed by atoms with Crippen LogP contribution >= 0.6 is 15.9 Å². The highest BCUT2D eigenvalue weighted by atomic mass is 79.9. The minimum atomic E-state index is -0.578. The number of hydrazine groups is 1. The van der Waals surface area contributed by atoms with Crippen LogP contribution in [0.4, 0.5) is 4.39 Å². The van der Waals surface area contributed by atoms with Gasteiger partial charge in [-0.05, 0) is 48.0 Å². The summed E-state index contributed by atoms with van der Waals surface area (Å²) in [5.41, 5.74) is 5.42. The molecule has 0 aliphatic carbocycles. The van der Waals surface area contributed by atoms with Crippen molar-refractivity contribution in [3.05, 3.63) is 88.3 Å². The van der Waals surface area contributed by atoms with Gasteiger partial charge in [-0.25, -0.2) is 9.37 Å². The van der Waals surface area contributed by atoms with Crippen molar-refractivity contribution in [2.45, 2.75) is 6.42 Å². The fourth-order valence-corrected chi connectivity index (χ4v) is 2.69. The summed E-state index contributed by atoms with van der Waals surface area (Å²) < 4.78 is 19.4. The van der Waals surface area contributed by atoms with E-state index in [4.69, 9.17) is 4.74 Å². The predicted molar refractivity (Wildman–Crippen MR) is 104 cm³/mol. The summed E-state index contributed by atoms with van der Waals surface area (Å²) in [6.45, 7) is 0. The van der Waals surface area contributed by atoms with Gasteiger partial charge in [0, 0.05) is 10.7 Å². The Hall–Kier alpha value is -3.26. The van der Waals surface area contributed by atoms with E-state index in [9.17, 15) is 14.0 Å². The van der Waals surface area contributed by atoms with Gasteiger partial charge in [0.1, 0.15) is 17.1 Å². The van der Waals surface area contributed by atoms with Gasteiger partial charge in [0.15, 0.2) is 0 Å². The lowest BCUT2D eigenvalue weighted by Gasteiger charge is -2.11.